The van der Waals surface area contributed by atoms with Crippen molar-refractivity contribution in [3.05, 3.63) is 29.3 Å². The summed E-state index contributed by atoms with van der Waals surface area (Å²) in [7, 11) is 3.47. The minimum Gasteiger partial charge on any atom is -0.496 e. The van der Waals surface area contributed by atoms with Crippen molar-refractivity contribution in [1.82, 2.24) is 0 Å². The third-order valence-electron chi connectivity index (χ3n) is 3.17. The third kappa shape index (κ3) is 4.39. The summed E-state index contributed by atoms with van der Waals surface area (Å²) in [4.78, 5) is 0. The van der Waals surface area contributed by atoms with Gasteiger partial charge in [-0.25, -0.2) is 8.42 Å². The lowest BCUT2D eigenvalue weighted by molar-refractivity contribution is 0.407. The van der Waals surface area contributed by atoms with Crippen LogP contribution in [0.5, 0.6) is 5.75 Å². The topological polar surface area (TPSA) is 43.4 Å². The van der Waals surface area contributed by atoms with Crippen molar-refractivity contribution >= 4 is 19.7 Å². The molecule has 0 aromatic heterocycles. The van der Waals surface area contributed by atoms with Crippen LogP contribution in [0.1, 0.15) is 44.7 Å². The van der Waals surface area contributed by atoms with Crippen LogP contribution in [0.3, 0.4) is 0 Å². The molecule has 0 aliphatic heterocycles. The van der Waals surface area contributed by atoms with E-state index in [-0.39, 0.29) is 5.75 Å². The maximum Gasteiger partial charge on any atom is 0.233 e. The number of methoxy groups -OCH3 is 1. The fraction of sp³-hybridized carbons (Fsp3) is 0.571. The molecule has 0 atom stereocenters. The Balaban J connectivity index is 3.25. The molecule has 0 radical (unpaired) electrons. The lowest BCUT2D eigenvalue weighted by Crippen LogP contribution is -2.26. The van der Waals surface area contributed by atoms with Gasteiger partial charge in [-0.05, 0) is 23.1 Å². The predicted octanol–water partition coefficient (Wildman–Crippen LogP) is 3.66. The first-order valence-corrected chi connectivity index (χ1v) is 8.65. The van der Waals surface area contributed by atoms with E-state index in [1.807, 2.05) is 32.0 Å². The van der Waals surface area contributed by atoms with E-state index in [0.717, 1.165) is 16.9 Å². The SMILES string of the molecule is COc1ccc(C(C)(C)CS(=O)(=O)Cl)cc1C(C)C. The van der Waals surface area contributed by atoms with E-state index >= 15 is 0 Å². The van der Waals surface area contributed by atoms with Crippen LogP contribution < -0.4 is 4.74 Å². The second kappa shape index (κ2) is 5.71. The van der Waals surface area contributed by atoms with E-state index in [4.69, 9.17) is 15.4 Å². The highest BCUT2D eigenvalue weighted by atomic mass is 35.7. The van der Waals surface area contributed by atoms with Gasteiger partial charge in [0.05, 0.1) is 12.9 Å². The number of benzene rings is 1. The van der Waals surface area contributed by atoms with Gasteiger partial charge in [0, 0.05) is 16.1 Å². The Labute approximate surface area is 120 Å². The highest BCUT2D eigenvalue weighted by Gasteiger charge is 2.28. The van der Waals surface area contributed by atoms with Crippen LogP contribution in [-0.2, 0) is 14.5 Å². The van der Waals surface area contributed by atoms with E-state index in [9.17, 15) is 8.42 Å². The molecular formula is C14H21ClO3S. The molecule has 0 amide bonds. The summed E-state index contributed by atoms with van der Waals surface area (Å²) in [5.74, 6) is 1.03. The molecule has 0 saturated carbocycles. The highest BCUT2D eigenvalue weighted by Crippen LogP contribution is 2.33. The van der Waals surface area contributed by atoms with Gasteiger partial charge in [-0.3, -0.25) is 0 Å². The summed E-state index contributed by atoms with van der Waals surface area (Å²) in [6, 6.07) is 5.78. The minimum absolute atomic E-state index is 0.0918. The fourth-order valence-corrected chi connectivity index (χ4v) is 3.97. The summed E-state index contributed by atoms with van der Waals surface area (Å²) in [5, 5.41) is 0. The third-order valence-corrected chi connectivity index (χ3v) is 4.56. The molecule has 3 nitrogen and oxygen atoms in total. The Bertz CT molecular complexity index is 548. The van der Waals surface area contributed by atoms with E-state index < -0.39 is 14.5 Å². The molecule has 19 heavy (non-hydrogen) atoms. The quantitative estimate of drug-likeness (QED) is 0.780. The number of halogens is 1. The minimum atomic E-state index is -3.54. The molecule has 0 bridgehead atoms. The standard InChI is InChI=1S/C14H21ClO3S/c1-10(2)12-8-11(6-7-13(12)18-5)14(3,4)9-19(15,16)17/h6-8,10H,9H2,1-5H3. The zero-order valence-electron chi connectivity index (χ0n) is 12.0. The first kappa shape index (κ1) is 16.3. The summed E-state index contributed by atoms with van der Waals surface area (Å²) in [5.41, 5.74) is 1.48. The summed E-state index contributed by atoms with van der Waals surface area (Å²) in [6.07, 6.45) is 0. The lowest BCUT2D eigenvalue weighted by Gasteiger charge is -2.25. The number of hydrogen-bond acceptors (Lipinski definition) is 3. The Morgan fingerprint density at radius 3 is 2.32 bits per heavy atom. The molecule has 0 N–H and O–H groups in total. The van der Waals surface area contributed by atoms with Crippen molar-refractivity contribution in [2.45, 2.75) is 39.0 Å². The molecule has 0 fully saturated rings. The van der Waals surface area contributed by atoms with E-state index in [0.29, 0.717) is 5.92 Å². The first-order valence-electron chi connectivity index (χ1n) is 6.17. The van der Waals surface area contributed by atoms with Crippen molar-refractivity contribution in [1.29, 1.82) is 0 Å². The molecule has 0 unspecified atom stereocenters. The smallest absolute Gasteiger partial charge is 0.233 e. The second-order valence-corrected chi connectivity index (χ2v) is 8.46. The van der Waals surface area contributed by atoms with Crippen LogP contribution in [0.2, 0.25) is 0 Å². The Morgan fingerprint density at radius 2 is 1.89 bits per heavy atom. The Morgan fingerprint density at radius 1 is 1.32 bits per heavy atom. The van der Waals surface area contributed by atoms with Gasteiger partial charge in [-0.15, -0.1) is 0 Å². The number of rotatable bonds is 5. The molecular weight excluding hydrogens is 284 g/mol. The monoisotopic (exact) mass is 304 g/mol. The van der Waals surface area contributed by atoms with Gasteiger partial charge in [-0.2, -0.15) is 0 Å². The van der Waals surface area contributed by atoms with Crippen molar-refractivity contribution in [3.8, 4) is 5.75 Å². The average molecular weight is 305 g/mol. The predicted molar refractivity (Wildman–Crippen MR) is 79.7 cm³/mol. The largest absolute Gasteiger partial charge is 0.496 e. The lowest BCUT2D eigenvalue weighted by atomic mass is 9.84. The van der Waals surface area contributed by atoms with Crippen molar-refractivity contribution in [2.24, 2.45) is 0 Å². The molecule has 1 aromatic carbocycles. The first-order chi connectivity index (χ1) is 8.57. The second-order valence-electron chi connectivity index (χ2n) is 5.68. The number of hydrogen-bond donors (Lipinski definition) is 0. The fourth-order valence-electron chi connectivity index (χ4n) is 2.12. The molecule has 0 aliphatic rings. The van der Waals surface area contributed by atoms with Crippen LogP contribution >= 0.6 is 10.7 Å². The van der Waals surface area contributed by atoms with Crippen LogP contribution in [0.4, 0.5) is 0 Å². The highest BCUT2D eigenvalue weighted by molar-refractivity contribution is 8.13. The van der Waals surface area contributed by atoms with Gasteiger partial charge in [0.2, 0.25) is 9.05 Å². The molecule has 5 heteroatoms. The normalized spacial score (nSPS) is 12.8. The summed E-state index contributed by atoms with van der Waals surface area (Å²) in [6.45, 7) is 7.90. The molecule has 1 aromatic rings. The molecule has 1 rings (SSSR count). The van der Waals surface area contributed by atoms with Crippen LogP contribution in [0.15, 0.2) is 18.2 Å². The number of ether oxygens (including phenoxy) is 1. The van der Waals surface area contributed by atoms with Crippen molar-refractivity contribution < 1.29 is 13.2 Å². The van der Waals surface area contributed by atoms with Crippen molar-refractivity contribution in [3.63, 3.8) is 0 Å². The van der Waals surface area contributed by atoms with Gasteiger partial charge >= 0.3 is 0 Å². The Hall–Kier alpha value is -0.740. The zero-order chi connectivity index (χ0) is 14.8. The molecule has 108 valence electrons. The van der Waals surface area contributed by atoms with Crippen LogP contribution in [-0.4, -0.2) is 21.3 Å². The van der Waals surface area contributed by atoms with Crippen LogP contribution in [0.25, 0.3) is 0 Å². The Kier molecular flexibility index (Phi) is 4.91. The van der Waals surface area contributed by atoms with Crippen molar-refractivity contribution in [2.75, 3.05) is 12.9 Å². The molecule has 0 aliphatic carbocycles. The van der Waals surface area contributed by atoms with Crippen LogP contribution in [0, 0.1) is 0 Å². The van der Waals surface area contributed by atoms with Gasteiger partial charge in [0.1, 0.15) is 5.75 Å². The maximum atomic E-state index is 11.3. The maximum absolute atomic E-state index is 11.3. The molecule has 0 saturated heterocycles. The average Bonchev–Trinajstić information content (AvgIpc) is 2.24. The van der Waals surface area contributed by atoms with E-state index in [2.05, 4.69) is 13.8 Å². The van der Waals surface area contributed by atoms with E-state index in [1.54, 1.807) is 7.11 Å². The van der Waals surface area contributed by atoms with Gasteiger partial charge in [0.15, 0.2) is 0 Å². The van der Waals surface area contributed by atoms with Gasteiger partial charge in [-0.1, -0.05) is 39.8 Å². The molecule has 0 heterocycles. The summed E-state index contributed by atoms with van der Waals surface area (Å²) >= 11 is 0. The van der Waals surface area contributed by atoms with Gasteiger partial charge in [0.25, 0.3) is 0 Å². The van der Waals surface area contributed by atoms with E-state index in [1.165, 1.54) is 0 Å². The molecule has 0 spiro atoms. The van der Waals surface area contributed by atoms with Gasteiger partial charge < -0.3 is 4.74 Å². The summed E-state index contributed by atoms with van der Waals surface area (Å²) < 4.78 is 27.9. The zero-order valence-corrected chi connectivity index (χ0v) is 13.6.